The zero-order valence-corrected chi connectivity index (χ0v) is 15.5. The number of hydrogen-bond donors (Lipinski definition) is 2. The first-order valence-electron chi connectivity index (χ1n) is 7.64. The summed E-state index contributed by atoms with van der Waals surface area (Å²) in [6.45, 7) is 1.56. The number of carbonyl (C=O) groups excluding carboxylic acids is 1. The average Bonchev–Trinajstić information content (AvgIpc) is 2.60. The first kappa shape index (κ1) is 23.3. The number of anilines is 2. The van der Waals surface area contributed by atoms with E-state index in [2.05, 4.69) is 9.97 Å². The Morgan fingerprint density at radius 1 is 0.967 bits per heavy atom. The highest BCUT2D eigenvalue weighted by Gasteiger charge is 2.76. The molecule has 2 rings (SSSR count). The number of aromatic nitrogens is 2. The van der Waals surface area contributed by atoms with Crippen molar-refractivity contribution in [3.05, 3.63) is 42.2 Å². The van der Waals surface area contributed by atoms with E-state index in [1.54, 1.807) is 6.92 Å². The number of hydrogen-bond acceptors (Lipinski definition) is 5. The van der Waals surface area contributed by atoms with Crippen LogP contribution in [0.3, 0.4) is 0 Å². The molecule has 0 spiro atoms. The molecule has 1 heterocycles. The lowest BCUT2D eigenvalue weighted by Gasteiger charge is -2.27. The largest absolute Gasteiger partial charge is 0.460 e. The zero-order chi connectivity index (χ0) is 23.0. The van der Waals surface area contributed by atoms with Crippen LogP contribution in [0.5, 0.6) is 0 Å². The van der Waals surface area contributed by atoms with Crippen molar-refractivity contribution in [1.29, 1.82) is 0 Å². The maximum absolute atomic E-state index is 13.3. The molecular weight excluding hydrogens is 449 g/mol. The molecule has 0 aliphatic carbocycles. The van der Waals surface area contributed by atoms with Crippen LogP contribution >= 0.6 is 0 Å². The molecule has 0 aliphatic heterocycles. The van der Waals surface area contributed by atoms with Gasteiger partial charge in [0, 0.05) is 17.6 Å². The lowest BCUT2D eigenvalue weighted by Crippen LogP contribution is -2.57. The number of aryl methyl sites for hydroxylation is 1. The van der Waals surface area contributed by atoms with Crippen LogP contribution < -0.4 is 10.0 Å². The smallest absolute Gasteiger partial charge is 0.321 e. The summed E-state index contributed by atoms with van der Waals surface area (Å²) in [5.41, 5.74) is -0.208. The van der Waals surface area contributed by atoms with E-state index in [1.165, 1.54) is 17.6 Å². The second kappa shape index (κ2) is 7.70. The number of amides is 1. The van der Waals surface area contributed by atoms with E-state index in [0.717, 1.165) is 12.1 Å². The van der Waals surface area contributed by atoms with Gasteiger partial charge < -0.3 is 5.32 Å². The molecule has 7 nitrogen and oxygen atoms in total. The van der Waals surface area contributed by atoms with Crippen molar-refractivity contribution in [3.8, 4) is 0 Å². The van der Waals surface area contributed by atoms with Gasteiger partial charge >= 0.3 is 23.9 Å². The molecule has 2 N–H and O–H groups in total. The quantitative estimate of drug-likeness (QED) is 0.644. The molecule has 0 aliphatic rings. The molecule has 0 atom stereocenters. The number of rotatable bonds is 6. The van der Waals surface area contributed by atoms with Crippen molar-refractivity contribution >= 4 is 27.6 Å². The Labute approximate surface area is 164 Å². The van der Waals surface area contributed by atoms with Gasteiger partial charge in [-0.2, -0.15) is 30.7 Å². The van der Waals surface area contributed by atoms with Crippen molar-refractivity contribution in [2.75, 3.05) is 10.0 Å². The summed E-state index contributed by atoms with van der Waals surface area (Å²) >= 11 is 0. The summed E-state index contributed by atoms with van der Waals surface area (Å²) < 4.78 is 115. The molecular formula is C15H11F7N4O3S. The lowest BCUT2D eigenvalue weighted by molar-refractivity contribution is -0.343. The molecule has 0 bridgehead atoms. The SMILES string of the molecule is Cc1ccnc(NS(=O)(=O)c2ccc(NC(=O)C(F)(F)C(F)(F)C(F)(F)F)cc2)n1. The summed E-state index contributed by atoms with van der Waals surface area (Å²) in [6, 6.07) is 4.49. The highest BCUT2D eigenvalue weighted by atomic mass is 32.2. The van der Waals surface area contributed by atoms with Crippen molar-refractivity contribution < 1.29 is 43.9 Å². The maximum Gasteiger partial charge on any atom is 0.460 e. The van der Waals surface area contributed by atoms with Crippen LogP contribution in [-0.4, -0.2) is 42.3 Å². The second-order valence-corrected chi connectivity index (χ2v) is 7.43. The molecule has 0 fully saturated rings. The van der Waals surface area contributed by atoms with Gasteiger partial charge in [-0.25, -0.2) is 23.1 Å². The predicted molar refractivity (Wildman–Crippen MR) is 88.6 cm³/mol. The monoisotopic (exact) mass is 460 g/mol. The van der Waals surface area contributed by atoms with Gasteiger partial charge in [0.05, 0.1) is 4.90 Å². The summed E-state index contributed by atoms with van der Waals surface area (Å²) in [7, 11) is -4.25. The number of nitrogens with zero attached hydrogens (tertiary/aromatic N) is 2. The third-order valence-electron chi connectivity index (χ3n) is 3.48. The minimum absolute atomic E-state index is 0.276. The first-order valence-corrected chi connectivity index (χ1v) is 9.12. The topological polar surface area (TPSA) is 101 Å². The molecule has 0 radical (unpaired) electrons. The van der Waals surface area contributed by atoms with E-state index in [-0.39, 0.29) is 5.95 Å². The molecule has 1 aromatic heterocycles. The fraction of sp³-hybridized carbons (Fsp3) is 0.267. The van der Waals surface area contributed by atoms with E-state index < -0.39 is 44.5 Å². The molecule has 30 heavy (non-hydrogen) atoms. The molecule has 164 valence electrons. The molecule has 0 saturated heterocycles. The summed E-state index contributed by atoms with van der Waals surface area (Å²) in [6.07, 6.45) is -5.40. The van der Waals surface area contributed by atoms with Crippen LogP contribution in [-0.2, 0) is 14.8 Å². The standard InChI is InChI=1S/C15H11F7N4O3S/c1-8-6-7-23-12(24-8)26-30(28,29)10-4-2-9(3-5-10)25-11(27)13(16,17)14(18,19)15(20,21)22/h2-7H,1H3,(H,25,27)(H,23,24,26). The normalized spacial score (nSPS) is 13.1. The van der Waals surface area contributed by atoms with Crippen molar-refractivity contribution in [3.63, 3.8) is 0 Å². The minimum Gasteiger partial charge on any atom is -0.321 e. The number of halogens is 7. The van der Waals surface area contributed by atoms with E-state index >= 15 is 0 Å². The predicted octanol–water partition coefficient (Wildman–Crippen LogP) is 3.36. The van der Waals surface area contributed by atoms with Gasteiger partial charge in [0.2, 0.25) is 5.95 Å². The number of benzene rings is 1. The lowest BCUT2D eigenvalue weighted by atomic mass is 10.1. The third-order valence-corrected chi connectivity index (χ3v) is 4.82. The highest BCUT2D eigenvalue weighted by Crippen LogP contribution is 2.46. The van der Waals surface area contributed by atoms with Gasteiger partial charge in [-0.05, 0) is 37.3 Å². The fourth-order valence-corrected chi connectivity index (χ4v) is 2.88. The third kappa shape index (κ3) is 4.60. The van der Waals surface area contributed by atoms with E-state index in [0.29, 0.717) is 17.8 Å². The Hall–Kier alpha value is -2.97. The van der Waals surface area contributed by atoms with Crippen LogP contribution in [0.4, 0.5) is 42.4 Å². The second-order valence-electron chi connectivity index (χ2n) is 5.75. The molecule has 0 unspecified atom stereocenters. The Bertz CT molecular complexity index is 1040. The van der Waals surface area contributed by atoms with Gasteiger partial charge in [0.25, 0.3) is 10.0 Å². The van der Waals surface area contributed by atoms with Crippen molar-refractivity contribution in [2.24, 2.45) is 0 Å². The number of alkyl halides is 7. The van der Waals surface area contributed by atoms with Gasteiger partial charge in [0.1, 0.15) is 0 Å². The van der Waals surface area contributed by atoms with Crippen LogP contribution in [0, 0.1) is 6.92 Å². The number of sulfonamides is 1. The van der Waals surface area contributed by atoms with E-state index in [1.807, 2.05) is 4.72 Å². The Morgan fingerprint density at radius 2 is 1.53 bits per heavy atom. The molecule has 15 heteroatoms. The van der Waals surface area contributed by atoms with Crippen LogP contribution in [0.15, 0.2) is 41.4 Å². The number of nitrogens with one attached hydrogen (secondary N) is 2. The maximum atomic E-state index is 13.3. The van der Waals surface area contributed by atoms with Crippen LogP contribution in [0.2, 0.25) is 0 Å². The molecule has 1 amide bonds. The van der Waals surface area contributed by atoms with Crippen LogP contribution in [0.1, 0.15) is 5.69 Å². The van der Waals surface area contributed by atoms with Gasteiger partial charge in [-0.15, -0.1) is 0 Å². The van der Waals surface area contributed by atoms with Crippen molar-refractivity contribution in [2.45, 2.75) is 29.8 Å². The zero-order valence-electron chi connectivity index (χ0n) is 14.6. The van der Waals surface area contributed by atoms with Crippen LogP contribution in [0.25, 0.3) is 0 Å². The molecule has 1 aromatic carbocycles. The fourth-order valence-electron chi connectivity index (χ4n) is 1.92. The van der Waals surface area contributed by atoms with Gasteiger partial charge in [-0.3, -0.25) is 4.79 Å². The van der Waals surface area contributed by atoms with Crippen molar-refractivity contribution in [1.82, 2.24) is 9.97 Å². The Balaban J connectivity index is 2.18. The minimum atomic E-state index is -6.67. The first-order chi connectivity index (χ1) is 13.6. The summed E-state index contributed by atoms with van der Waals surface area (Å²) in [5.74, 6) is -15.9. The average molecular weight is 460 g/mol. The summed E-state index contributed by atoms with van der Waals surface area (Å²) in [5, 5.41) is 1.19. The van der Waals surface area contributed by atoms with E-state index in [9.17, 15) is 43.9 Å². The van der Waals surface area contributed by atoms with E-state index in [4.69, 9.17) is 0 Å². The Morgan fingerprint density at radius 3 is 2.03 bits per heavy atom. The Kier molecular flexibility index (Phi) is 5.98. The van der Waals surface area contributed by atoms with Gasteiger partial charge in [0.15, 0.2) is 0 Å². The molecule has 2 aromatic rings. The number of carbonyl (C=O) groups is 1. The van der Waals surface area contributed by atoms with Gasteiger partial charge in [-0.1, -0.05) is 0 Å². The highest BCUT2D eigenvalue weighted by molar-refractivity contribution is 7.92. The molecule has 0 saturated carbocycles. The summed E-state index contributed by atoms with van der Waals surface area (Å²) in [4.78, 5) is 18.3.